The Kier molecular flexibility index (Phi) is 3.82. The predicted molar refractivity (Wildman–Crippen MR) is 74.7 cm³/mol. The fraction of sp³-hybridized carbons (Fsp3) is 0.714. The molecule has 0 aromatic carbocycles. The Balaban J connectivity index is 1.68. The molecule has 1 saturated carbocycles. The highest BCUT2D eigenvalue weighted by Crippen LogP contribution is 2.24. The number of hydrogen-bond donors (Lipinski definition) is 1. The summed E-state index contributed by atoms with van der Waals surface area (Å²) in [4.78, 5) is 21.0. The molecule has 3 rings (SSSR count). The van der Waals surface area contributed by atoms with Crippen molar-refractivity contribution >= 4 is 12.1 Å². The van der Waals surface area contributed by atoms with E-state index in [4.69, 9.17) is 0 Å². The van der Waals surface area contributed by atoms with Gasteiger partial charge in [0.05, 0.1) is 0 Å². The van der Waals surface area contributed by atoms with E-state index in [0.717, 1.165) is 13.1 Å². The highest BCUT2D eigenvalue weighted by Gasteiger charge is 2.35. The van der Waals surface area contributed by atoms with Crippen molar-refractivity contribution in [1.82, 2.24) is 15.1 Å². The van der Waals surface area contributed by atoms with E-state index < -0.39 is 0 Å². The molecule has 2 fully saturated rings. The third-order valence-electron chi connectivity index (χ3n) is 4.27. The van der Waals surface area contributed by atoms with Gasteiger partial charge in [-0.1, -0.05) is 19.3 Å². The molecule has 2 aliphatic heterocycles. The van der Waals surface area contributed by atoms with Gasteiger partial charge < -0.3 is 9.80 Å². The number of carbonyl (C=O) groups is 1. The zero-order valence-electron chi connectivity index (χ0n) is 11.3. The van der Waals surface area contributed by atoms with Crippen LogP contribution in [0.25, 0.3) is 0 Å². The fourth-order valence-electron chi connectivity index (χ4n) is 3.26. The number of nitrogens with zero attached hydrogens (tertiary/aromatic N) is 3. The van der Waals surface area contributed by atoms with Crippen LogP contribution in [0.3, 0.4) is 0 Å². The topological polar surface area (TPSA) is 47.9 Å². The Morgan fingerprint density at radius 2 is 2.11 bits per heavy atom. The molecule has 0 spiro atoms. The zero-order valence-corrected chi connectivity index (χ0v) is 11.3. The number of piperazine rings is 1. The molecule has 19 heavy (non-hydrogen) atoms. The van der Waals surface area contributed by atoms with Crippen LogP contribution in [0.15, 0.2) is 17.3 Å². The molecule has 5 heteroatoms. The van der Waals surface area contributed by atoms with Crippen molar-refractivity contribution < 1.29 is 4.79 Å². The van der Waals surface area contributed by atoms with Crippen LogP contribution in [-0.2, 0) is 4.79 Å². The van der Waals surface area contributed by atoms with Crippen molar-refractivity contribution in [1.29, 1.82) is 0 Å². The standard InChI is InChI=1S/C14H22N4O/c19-14-13(17-9-4-7-15-11-17)16-8-10-18(14)12-5-2-1-3-6-12/h4,7,9,12-13,16H,1-3,5-6,8,10-11H2. The van der Waals surface area contributed by atoms with Gasteiger partial charge in [0.25, 0.3) is 5.91 Å². The fourth-order valence-corrected chi connectivity index (χ4v) is 3.26. The van der Waals surface area contributed by atoms with Gasteiger partial charge in [0.2, 0.25) is 0 Å². The lowest BCUT2D eigenvalue weighted by Gasteiger charge is -2.43. The molecule has 104 valence electrons. The van der Waals surface area contributed by atoms with Crippen molar-refractivity contribution in [2.45, 2.75) is 44.3 Å². The molecule has 1 saturated heterocycles. The first-order valence-electron chi connectivity index (χ1n) is 7.32. The van der Waals surface area contributed by atoms with E-state index in [1.54, 1.807) is 6.21 Å². The first-order chi connectivity index (χ1) is 9.36. The summed E-state index contributed by atoms with van der Waals surface area (Å²) in [6.45, 7) is 2.29. The summed E-state index contributed by atoms with van der Waals surface area (Å²) in [5, 5.41) is 3.32. The molecule has 5 nitrogen and oxygen atoms in total. The molecule has 0 aromatic heterocycles. The van der Waals surface area contributed by atoms with Crippen molar-refractivity contribution in [2.75, 3.05) is 19.8 Å². The number of carbonyl (C=O) groups excluding carboxylic acids is 1. The average molecular weight is 262 g/mol. The minimum Gasteiger partial charge on any atom is -0.335 e. The number of allylic oxidation sites excluding steroid dienone is 1. The molecular formula is C14H22N4O. The van der Waals surface area contributed by atoms with Crippen LogP contribution in [0.5, 0.6) is 0 Å². The average Bonchev–Trinajstić information content (AvgIpc) is 2.49. The summed E-state index contributed by atoms with van der Waals surface area (Å²) >= 11 is 0. The van der Waals surface area contributed by atoms with E-state index in [0.29, 0.717) is 12.7 Å². The van der Waals surface area contributed by atoms with Gasteiger partial charge in [0.1, 0.15) is 6.67 Å². The quantitative estimate of drug-likeness (QED) is 0.805. The van der Waals surface area contributed by atoms with Gasteiger partial charge >= 0.3 is 0 Å². The highest BCUT2D eigenvalue weighted by atomic mass is 16.2. The van der Waals surface area contributed by atoms with Crippen LogP contribution in [0, 0.1) is 0 Å². The van der Waals surface area contributed by atoms with Crippen LogP contribution in [0.1, 0.15) is 32.1 Å². The van der Waals surface area contributed by atoms with E-state index in [2.05, 4.69) is 15.2 Å². The van der Waals surface area contributed by atoms with Crippen LogP contribution < -0.4 is 5.32 Å². The lowest BCUT2D eigenvalue weighted by molar-refractivity contribution is -0.143. The molecule has 1 aliphatic carbocycles. The molecule has 1 atom stereocenters. The lowest BCUT2D eigenvalue weighted by atomic mass is 9.93. The van der Waals surface area contributed by atoms with E-state index in [9.17, 15) is 4.79 Å². The van der Waals surface area contributed by atoms with Gasteiger partial charge in [0.15, 0.2) is 6.17 Å². The second-order valence-electron chi connectivity index (χ2n) is 5.51. The van der Waals surface area contributed by atoms with Gasteiger partial charge in [-0.2, -0.15) is 0 Å². The summed E-state index contributed by atoms with van der Waals surface area (Å²) in [5.41, 5.74) is 0. The summed E-state index contributed by atoms with van der Waals surface area (Å²) in [6, 6.07) is 0.461. The Hall–Kier alpha value is -1.36. The molecular weight excluding hydrogens is 240 g/mol. The van der Waals surface area contributed by atoms with Crippen LogP contribution in [0.4, 0.5) is 0 Å². The number of rotatable bonds is 2. The Morgan fingerprint density at radius 3 is 2.84 bits per heavy atom. The maximum Gasteiger partial charge on any atom is 0.260 e. The number of aliphatic imine (C=N–C) groups is 1. The Morgan fingerprint density at radius 1 is 1.26 bits per heavy atom. The Labute approximate surface area is 114 Å². The number of nitrogens with one attached hydrogen (secondary N) is 1. The molecule has 0 aromatic rings. The highest BCUT2D eigenvalue weighted by molar-refractivity contribution is 5.83. The van der Waals surface area contributed by atoms with Crippen molar-refractivity contribution in [3.8, 4) is 0 Å². The molecule has 1 unspecified atom stereocenters. The minimum atomic E-state index is -0.232. The summed E-state index contributed by atoms with van der Waals surface area (Å²) in [6.07, 6.45) is 11.6. The monoisotopic (exact) mass is 262 g/mol. The van der Waals surface area contributed by atoms with Crippen molar-refractivity contribution in [3.05, 3.63) is 12.3 Å². The van der Waals surface area contributed by atoms with Crippen LogP contribution in [-0.4, -0.2) is 53.9 Å². The summed E-state index contributed by atoms with van der Waals surface area (Å²) in [5.74, 6) is 0.222. The second kappa shape index (κ2) is 5.74. The summed E-state index contributed by atoms with van der Waals surface area (Å²) < 4.78 is 0. The number of hydrogen-bond acceptors (Lipinski definition) is 4. The Bertz CT molecular complexity index is 387. The maximum atomic E-state index is 12.7. The van der Waals surface area contributed by atoms with E-state index in [-0.39, 0.29) is 12.1 Å². The lowest BCUT2D eigenvalue weighted by Crippen LogP contribution is -2.63. The third-order valence-corrected chi connectivity index (χ3v) is 4.27. The second-order valence-corrected chi connectivity index (χ2v) is 5.51. The van der Waals surface area contributed by atoms with E-state index in [1.807, 2.05) is 17.2 Å². The molecule has 0 bridgehead atoms. The summed E-state index contributed by atoms with van der Waals surface area (Å²) in [7, 11) is 0. The van der Waals surface area contributed by atoms with Crippen LogP contribution >= 0.6 is 0 Å². The van der Waals surface area contributed by atoms with Gasteiger partial charge in [0, 0.05) is 31.5 Å². The molecule has 3 aliphatic rings. The van der Waals surface area contributed by atoms with E-state index in [1.165, 1.54) is 32.1 Å². The zero-order chi connectivity index (χ0) is 13.1. The van der Waals surface area contributed by atoms with Crippen LogP contribution in [0.2, 0.25) is 0 Å². The predicted octanol–water partition coefficient (Wildman–Crippen LogP) is 0.935. The van der Waals surface area contributed by atoms with Crippen molar-refractivity contribution in [2.24, 2.45) is 4.99 Å². The molecule has 1 amide bonds. The first-order valence-corrected chi connectivity index (χ1v) is 7.32. The smallest absolute Gasteiger partial charge is 0.260 e. The normalized spacial score (nSPS) is 29.1. The SMILES string of the molecule is O=C1C(N2C=CC=NC2)NCCN1C1CCCCC1. The molecule has 0 radical (unpaired) electrons. The number of amides is 1. The minimum absolute atomic E-state index is 0.222. The van der Waals surface area contributed by atoms with Gasteiger partial charge in [-0.25, -0.2) is 0 Å². The third kappa shape index (κ3) is 2.66. The van der Waals surface area contributed by atoms with Gasteiger partial charge in [-0.15, -0.1) is 0 Å². The van der Waals surface area contributed by atoms with Gasteiger partial charge in [-0.3, -0.25) is 15.1 Å². The largest absolute Gasteiger partial charge is 0.335 e. The van der Waals surface area contributed by atoms with Crippen molar-refractivity contribution in [3.63, 3.8) is 0 Å². The molecule has 2 heterocycles. The van der Waals surface area contributed by atoms with E-state index >= 15 is 0 Å². The van der Waals surface area contributed by atoms with Gasteiger partial charge in [-0.05, 0) is 18.9 Å². The first kappa shape index (κ1) is 12.7. The molecule has 1 N–H and O–H groups in total. The maximum absolute atomic E-state index is 12.7.